The van der Waals surface area contributed by atoms with Crippen LogP contribution in [-0.4, -0.2) is 13.2 Å². The van der Waals surface area contributed by atoms with Crippen molar-refractivity contribution in [2.75, 3.05) is 7.11 Å². The third-order valence-corrected chi connectivity index (χ3v) is 0.553. The Hall–Kier alpha value is -0.990. The maximum atomic E-state index is 10.2. The van der Waals surface area contributed by atoms with Gasteiger partial charge in [-0.2, -0.15) is 0 Å². The smallest absolute Gasteiger partial charge is 0.410 e. The van der Waals surface area contributed by atoms with Gasteiger partial charge in [0.05, 0.1) is 7.11 Å². The monoisotopic (exact) mass is 115 g/mol. The number of amides is 1. The summed E-state index contributed by atoms with van der Waals surface area (Å²) in [5.41, 5.74) is 0. The molecule has 0 rings (SSSR count). The van der Waals surface area contributed by atoms with Crippen molar-refractivity contribution in [3.8, 4) is 0 Å². The maximum Gasteiger partial charge on any atom is 0.410 e. The average Bonchev–Trinajstić information content (AvgIpc) is 1.83. The minimum absolute atomic E-state index is 0.442. The average molecular weight is 115 g/mol. The van der Waals surface area contributed by atoms with Gasteiger partial charge in [0.15, 0.2) is 0 Å². The summed E-state index contributed by atoms with van der Waals surface area (Å²) in [6, 6.07) is 0. The minimum Gasteiger partial charge on any atom is -0.453 e. The summed E-state index contributed by atoms with van der Waals surface area (Å²) in [4.78, 5) is 10.2. The molecule has 0 heterocycles. The Morgan fingerprint density at radius 3 is 2.75 bits per heavy atom. The van der Waals surface area contributed by atoms with E-state index in [0.29, 0.717) is 0 Å². The third kappa shape index (κ3) is 3.21. The molecular formula is C5H9NO2. The quantitative estimate of drug-likeness (QED) is 0.550. The first-order valence-corrected chi connectivity index (χ1v) is 2.27. The topological polar surface area (TPSA) is 38.3 Å². The number of allylic oxidation sites excluding steroid dienone is 1. The fourth-order valence-corrected chi connectivity index (χ4v) is 0.210. The summed E-state index contributed by atoms with van der Waals surface area (Å²) in [5.74, 6) is 0. The molecule has 0 aromatic heterocycles. The van der Waals surface area contributed by atoms with Gasteiger partial charge in [-0.05, 0) is 6.92 Å². The Labute approximate surface area is 48.3 Å². The molecule has 0 aromatic rings. The molecule has 0 bridgehead atoms. The van der Waals surface area contributed by atoms with Crippen LogP contribution in [0.5, 0.6) is 0 Å². The molecule has 0 saturated carbocycles. The number of methoxy groups -OCH3 is 1. The highest BCUT2D eigenvalue weighted by atomic mass is 16.5. The van der Waals surface area contributed by atoms with Gasteiger partial charge in [0.1, 0.15) is 0 Å². The van der Waals surface area contributed by atoms with Gasteiger partial charge in [-0.25, -0.2) is 4.79 Å². The molecular weight excluding hydrogens is 106 g/mol. The van der Waals surface area contributed by atoms with Crippen molar-refractivity contribution in [2.45, 2.75) is 6.92 Å². The van der Waals surface area contributed by atoms with E-state index in [9.17, 15) is 4.79 Å². The van der Waals surface area contributed by atoms with Crippen LogP contribution >= 0.6 is 0 Å². The number of hydrogen-bond acceptors (Lipinski definition) is 2. The van der Waals surface area contributed by atoms with Crippen molar-refractivity contribution >= 4 is 6.09 Å². The summed E-state index contributed by atoms with van der Waals surface area (Å²) in [7, 11) is 1.32. The minimum atomic E-state index is -0.442. The van der Waals surface area contributed by atoms with E-state index < -0.39 is 6.09 Å². The molecule has 1 N–H and O–H groups in total. The van der Waals surface area contributed by atoms with Crippen molar-refractivity contribution < 1.29 is 9.53 Å². The molecule has 0 unspecified atom stereocenters. The highest BCUT2D eigenvalue weighted by molar-refractivity contribution is 5.67. The molecule has 1 amide bonds. The highest BCUT2D eigenvalue weighted by Crippen LogP contribution is 1.69. The zero-order valence-electron chi connectivity index (χ0n) is 4.97. The molecule has 0 radical (unpaired) electrons. The van der Waals surface area contributed by atoms with Crippen LogP contribution in [0, 0.1) is 0 Å². The van der Waals surface area contributed by atoms with Crippen molar-refractivity contribution in [1.29, 1.82) is 0 Å². The Morgan fingerprint density at radius 2 is 2.38 bits per heavy atom. The number of carbonyl (C=O) groups excluding carboxylic acids is 1. The van der Waals surface area contributed by atoms with E-state index in [1.54, 1.807) is 13.0 Å². The number of hydrogen-bond donors (Lipinski definition) is 1. The number of ether oxygens (including phenoxy) is 1. The number of carbonyl (C=O) groups is 1. The third-order valence-electron chi connectivity index (χ3n) is 0.553. The lowest BCUT2D eigenvalue weighted by molar-refractivity contribution is 0.175. The first kappa shape index (κ1) is 7.01. The van der Waals surface area contributed by atoms with E-state index in [4.69, 9.17) is 0 Å². The Bertz CT molecular complexity index is 98.6. The summed E-state index contributed by atoms with van der Waals surface area (Å²) in [6.45, 7) is 1.80. The molecule has 0 aliphatic heterocycles. The number of nitrogens with one attached hydrogen (secondary N) is 1. The molecule has 3 heteroatoms. The van der Waals surface area contributed by atoms with Crippen molar-refractivity contribution in [1.82, 2.24) is 5.32 Å². The van der Waals surface area contributed by atoms with Crippen LogP contribution in [0.3, 0.4) is 0 Å². The fraction of sp³-hybridized carbons (Fsp3) is 0.400. The second kappa shape index (κ2) is 4.18. The van der Waals surface area contributed by atoms with Crippen LogP contribution in [0.25, 0.3) is 0 Å². The lowest BCUT2D eigenvalue weighted by Crippen LogP contribution is -2.15. The second-order valence-electron chi connectivity index (χ2n) is 1.14. The zero-order chi connectivity index (χ0) is 6.41. The van der Waals surface area contributed by atoms with Gasteiger partial charge >= 0.3 is 6.09 Å². The van der Waals surface area contributed by atoms with Crippen LogP contribution < -0.4 is 5.32 Å². The summed E-state index contributed by atoms with van der Waals surface area (Å²) in [6.07, 6.45) is 2.77. The summed E-state index contributed by atoms with van der Waals surface area (Å²) < 4.78 is 4.25. The number of rotatable bonds is 1. The number of alkyl carbamates (subject to hydrolysis) is 1. The van der Waals surface area contributed by atoms with E-state index in [1.165, 1.54) is 13.3 Å². The lowest BCUT2D eigenvalue weighted by Gasteiger charge is -1.93. The zero-order valence-corrected chi connectivity index (χ0v) is 4.97. The van der Waals surface area contributed by atoms with Gasteiger partial charge in [-0.1, -0.05) is 6.08 Å². The lowest BCUT2D eigenvalue weighted by atomic mass is 10.7. The van der Waals surface area contributed by atoms with Crippen LogP contribution in [0.4, 0.5) is 4.79 Å². The first-order valence-electron chi connectivity index (χ1n) is 2.27. The van der Waals surface area contributed by atoms with E-state index in [2.05, 4.69) is 10.1 Å². The van der Waals surface area contributed by atoms with Gasteiger partial charge in [0, 0.05) is 6.20 Å². The predicted octanol–water partition coefficient (Wildman–Crippen LogP) is 0.876. The summed E-state index contributed by atoms with van der Waals surface area (Å²) >= 11 is 0. The normalized spacial score (nSPS) is 9.25. The SMILES string of the molecule is C/C=C\NC(=O)OC. The van der Waals surface area contributed by atoms with Gasteiger partial charge in [-0.3, -0.25) is 5.32 Å². The molecule has 46 valence electrons. The van der Waals surface area contributed by atoms with Crippen LogP contribution in [0.2, 0.25) is 0 Å². The van der Waals surface area contributed by atoms with Gasteiger partial charge in [0.25, 0.3) is 0 Å². The Kier molecular flexibility index (Phi) is 3.66. The molecule has 8 heavy (non-hydrogen) atoms. The van der Waals surface area contributed by atoms with Crippen LogP contribution in [0.1, 0.15) is 6.92 Å². The van der Waals surface area contributed by atoms with Gasteiger partial charge < -0.3 is 4.74 Å². The first-order chi connectivity index (χ1) is 3.81. The van der Waals surface area contributed by atoms with Gasteiger partial charge in [-0.15, -0.1) is 0 Å². The van der Waals surface area contributed by atoms with E-state index >= 15 is 0 Å². The molecule has 0 aromatic carbocycles. The van der Waals surface area contributed by atoms with Crippen LogP contribution in [-0.2, 0) is 4.74 Å². The molecule has 0 aliphatic carbocycles. The summed E-state index contributed by atoms with van der Waals surface area (Å²) in [5, 5.41) is 2.34. The molecule has 0 aliphatic rings. The molecule has 3 nitrogen and oxygen atoms in total. The van der Waals surface area contributed by atoms with Crippen molar-refractivity contribution in [3.63, 3.8) is 0 Å². The van der Waals surface area contributed by atoms with Crippen LogP contribution in [0.15, 0.2) is 12.3 Å². The Morgan fingerprint density at radius 1 is 1.75 bits per heavy atom. The largest absolute Gasteiger partial charge is 0.453 e. The fourth-order valence-electron chi connectivity index (χ4n) is 0.210. The van der Waals surface area contributed by atoms with E-state index in [0.717, 1.165) is 0 Å². The Balaban J connectivity index is 3.25. The van der Waals surface area contributed by atoms with E-state index in [1.807, 2.05) is 0 Å². The highest BCUT2D eigenvalue weighted by Gasteiger charge is 1.88. The van der Waals surface area contributed by atoms with Gasteiger partial charge in [0.2, 0.25) is 0 Å². The second-order valence-corrected chi connectivity index (χ2v) is 1.14. The predicted molar refractivity (Wildman–Crippen MR) is 30.4 cm³/mol. The standard InChI is InChI=1S/C5H9NO2/c1-3-4-6-5(7)8-2/h3-4H,1-2H3,(H,6,7)/b4-3-. The van der Waals surface area contributed by atoms with E-state index in [-0.39, 0.29) is 0 Å². The van der Waals surface area contributed by atoms with Crippen molar-refractivity contribution in [3.05, 3.63) is 12.3 Å². The van der Waals surface area contributed by atoms with Crippen molar-refractivity contribution in [2.24, 2.45) is 0 Å². The molecule has 0 fully saturated rings. The molecule has 0 saturated heterocycles. The molecule has 0 atom stereocenters. The molecule has 0 spiro atoms. The maximum absolute atomic E-state index is 10.2.